The van der Waals surface area contributed by atoms with Gasteiger partial charge in [0.15, 0.2) is 0 Å². The van der Waals surface area contributed by atoms with Gasteiger partial charge in [0.25, 0.3) is 0 Å². The minimum absolute atomic E-state index is 0.172. The van der Waals surface area contributed by atoms with Gasteiger partial charge < -0.3 is 0 Å². The maximum Gasteiger partial charge on any atom is 0.131 e. The average Bonchev–Trinajstić information content (AvgIpc) is 2.33. The zero-order chi connectivity index (χ0) is 11.1. The third-order valence-electron chi connectivity index (χ3n) is 1.96. The Morgan fingerprint density at radius 3 is 1.87 bits per heavy atom. The molecule has 2 rings (SSSR count). The quantitative estimate of drug-likeness (QED) is 0.602. The SMILES string of the molecule is C=C.Fc1ccccc1-c1ccccc1. The Labute approximate surface area is 89.7 Å². The Morgan fingerprint density at radius 1 is 0.733 bits per heavy atom. The monoisotopic (exact) mass is 200 g/mol. The van der Waals surface area contributed by atoms with E-state index in [1.807, 2.05) is 36.4 Å². The highest BCUT2D eigenvalue weighted by Crippen LogP contribution is 2.21. The van der Waals surface area contributed by atoms with E-state index in [9.17, 15) is 4.39 Å². The van der Waals surface area contributed by atoms with Gasteiger partial charge in [-0.2, -0.15) is 0 Å². The van der Waals surface area contributed by atoms with E-state index < -0.39 is 0 Å². The summed E-state index contributed by atoms with van der Waals surface area (Å²) in [7, 11) is 0. The van der Waals surface area contributed by atoms with E-state index in [-0.39, 0.29) is 5.82 Å². The molecule has 0 aliphatic heterocycles. The predicted molar refractivity (Wildman–Crippen MR) is 63.1 cm³/mol. The van der Waals surface area contributed by atoms with Crippen LogP contribution in [-0.2, 0) is 0 Å². The van der Waals surface area contributed by atoms with Gasteiger partial charge in [-0.05, 0) is 11.6 Å². The highest BCUT2D eigenvalue weighted by atomic mass is 19.1. The summed E-state index contributed by atoms with van der Waals surface area (Å²) >= 11 is 0. The molecule has 0 radical (unpaired) electrons. The van der Waals surface area contributed by atoms with Crippen LogP contribution in [0.4, 0.5) is 4.39 Å². The van der Waals surface area contributed by atoms with Crippen LogP contribution >= 0.6 is 0 Å². The Morgan fingerprint density at radius 2 is 1.27 bits per heavy atom. The van der Waals surface area contributed by atoms with Gasteiger partial charge in [0.2, 0.25) is 0 Å². The van der Waals surface area contributed by atoms with Crippen molar-refractivity contribution in [3.8, 4) is 11.1 Å². The van der Waals surface area contributed by atoms with Crippen molar-refractivity contribution in [3.05, 3.63) is 73.6 Å². The van der Waals surface area contributed by atoms with Crippen molar-refractivity contribution in [2.24, 2.45) is 0 Å². The highest BCUT2D eigenvalue weighted by molar-refractivity contribution is 5.63. The lowest BCUT2D eigenvalue weighted by Gasteiger charge is -2.01. The molecule has 2 aromatic carbocycles. The minimum Gasteiger partial charge on any atom is -0.206 e. The third kappa shape index (κ3) is 2.78. The third-order valence-corrected chi connectivity index (χ3v) is 1.96. The van der Waals surface area contributed by atoms with Crippen LogP contribution in [0.25, 0.3) is 11.1 Å². The second-order valence-corrected chi connectivity index (χ2v) is 2.85. The molecule has 0 amide bonds. The molecule has 0 aliphatic carbocycles. The topological polar surface area (TPSA) is 0 Å². The maximum absolute atomic E-state index is 13.3. The number of hydrogen-bond donors (Lipinski definition) is 0. The van der Waals surface area contributed by atoms with Crippen molar-refractivity contribution < 1.29 is 4.39 Å². The molecular formula is C14H13F. The minimum atomic E-state index is -0.172. The van der Waals surface area contributed by atoms with Gasteiger partial charge in [0.1, 0.15) is 5.82 Å². The van der Waals surface area contributed by atoms with Crippen LogP contribution in [0.15, 0.2) is 67.8 Å². The molecule has 76 valence electrons. The van der Waals surface area contributed by atoms with Gasteiger partial charge in [-0.25, -0.2) is 4.39 Å². The normalized spacial score (nSPS) is 8.87. The van der Waals surface area contributed by atoms with Crippen molar-refractivity contribution >= 4 is 0 Å². The van der Waals surface area contributed by atoms with Crippen molar-refractivity contribution in [2.45, 2.75) is 0 Å². The van der Waals surface area contributed by atoms with E-state index in [1.54, 1.807) is 12.1 Å². The Hall–Kier alpha value is -1.89. The van der Waals surface area contributed by atoms with E-state index in [0.717, 1.165) is 5.56 Å². The summed E-state index contributed by atoms with van der Waals surface area (Å²) in [5.74, 6) is -0.172. The number of halogens is 1. The van der Waals surface area contributed by atoms with Gasteiger partial charge in [0, 0.05) is 5.56 Å². The summed E-state index contributed by atoms with van der Waals surface area (Å²) in [5, 5.41) is 0. The number of hydrogen-bond acceptors (Lipinski definition) is 0. The highest BCUT2D eigenvalue weighted by Gasteiger charge is 2.01. The summed E-state index contributed by atoms with van der Waals surface area (Å²) < 4.78 is 13.3. The second-order valence-electron chi connectivity index (χ2n) is 2.85. The van der Waals surface area contributed by atoms with Crippen LogP contribution in [0.5, 0.6) is 0 Å². The number of rotatable bonds is 1. The maximum atomic E-state index is 13.3. The molecule has 0 spiro atoms. The fraction of sp³-hybridized carbons (Fsp3) is 0. The van der Waals surface area contributed by atoms with Crippen LogP contribution in [0.2, 0.25) is 0 Å². The fourth-order valence-electron chi connectivity index (χ4n) is 1.31. The molecule has 0 fully saturated rings. The van der Waals surface area contributed by atoms with Crippen LogP contribution in [0.1, 0.15) is 0 Å². The zero-order valence-electron chi connectivity index (χ0n) is 8.49. The first-order chi connectivity index (χ1) is 7.38. The van der Waals surface area contributed by atoms with Gasteiger partial charge in [-0.1, -0.05) is 48.5 Å². The summed E-state index contributed by atoms with van der Waals surface area (Å²) in [6.07, 6.45) is 0. The van der Waals surface area contributed by atoms with Crippen molar-refractivity contribution in [2.75, 3.05) is 0 Å². The van der Waals surface area contributed by atoms with Gasteiger partial charge in [-0.3, -0.25) is 0 Å². The predicted octanol–water partition coefficient (Wildman–Crippen LogP) is 4.29. The smallest absolute Gasteiger partial charge is 0.131 e. The standard InChI is InChI=1S/C12H9F.C2H4/c13-12-9-5-4-8-11(12)10-6-2-1-3-7-10;1-2/h1-9H;1-2H2. The first kappa shape index (κ1) is 11.2. The molecule has 1 heteroatoms. The molecule has 0 unspecified atom stereocenters. The second kappa shape index (κ2) is 5.76. The van der Waals surface area contributed by atoms with Crippen molar-refractivity contribution in [3.63, 3.8) is 0 Å². The molecule has 0 saturated carbocycles. The first-order valence-electron chi connectivity index (χ1n) is 4.68. The summed E-state index contributed by atoms with van der Waals surface area (Å²) in [5.41, 5.74) is 1.57. The molecule has 0 aliphatic rings. The molecule has 0 bridgehead atoms. The zero-order valence-corrected chi connectivity index (χ0v) is 8.49. The molecule has 0 saturated heterocycles. The van der Waals surface area contributed by atoms with Gasteiger partial charge in [-0.15, -0.1) is 13.2 Å². The summed E-state index contributed by atoms with van der Waals surface area (Å²) in [6.45, 7) is 6.00. The lowest BCUT2D eigenvalue weighted by Crippen LogP contribution is -1.81. The summed E-state index contributed by atoms with van der Waals surface area (Å²) in [6, 6.07) is 16.3. The van der Waals surface area contributed by atoms with E-state index in [0.29, 0.717) is 5.56 Å². The van der Waals surface area contributed by atoms with Gasteiger partial charge in [0.05, 0.1) is 0 Å². The van der Waals surface area contributed by atoms with Crippen molar-refractivity contribution in [1.29, 1.82) is 0 Å². The van der Waals surface area contributed by atoms with Crippen LogP contribution in [0, 0.1) is 5.82 Å². The van der Waals surface area contributed by atoms with E-state index in [1.165, 1.54) is 6.07 Å². The Kier molecular flexibility index (Phi) is 4.30. The van der Waals surface area contributed by atoms with Crippen LogP contribution in [0.3, 0.4) is 0 Å². The Balaban J connectivity index is 0.000000531. The molecule has 0 nitrogen and oxygen atoms in total. The lowest BCUT2D eigenvalue weighted by molar-refractivity contribution is 0.631. The molecular weight excluding hydrogens is 187 g/mol. The van der Waals surface area contributed by atoms with Crippen molar-refractivity contribution in [1.82, 2.24) is 0 Å². The molecule has 0 heterocycles. The van der Waals surface area contributed by atoms with E-state index >= 15 is 0 Å². The fourth-order valence-corrected chi connectivity index (χ4v) is 1.31. The molecule has 0 atom stereocenters. The molecule has 2 aromatic rings. The molecule has 0 N–H and O–H groups in total. The lowest BCUT2D eigenvalue weighted by atomic mass is 10.1. The van der Waals surface area contributed by atoms with E-state index in [4.69, 9.17) is 0 Å². The average molecular weight is 200 g/mol. The molecule has 15 heavy (non-hydrogen) atoms. The first-order valence-corrected chi connectivity index (χ1v) is 4.68. The summed E-state index contributed by atoms with van der Waals surface area (Å²) in [4.78, 5) is 0. The largest absolute Gasteiger partial charge is 0.206 e. The Bertz CT molecular complexity index is 407. The van der Waals surface area contributed by atoms with Crippen LogP contribution < -0.4 is 0 Å². The van der Waals surface area contributed by atoms with Gasteiger partial charge >= 0.3 is 0 Å². The van der Waals surface area contributed by atoms with E-state index in [2.05, 4.69) is 13.2 Å². The van der Waals surface area contributed by atoms with Crippen LogP contribution in [-0.4, -0.2) is 0 Å². The number of benzene rings is 2. The molecule has 0 aromatic heterocycles.